The smallest absolute Gasteiger partial charge is 0.489 e. The maximum atomic E-state index is 14.1. The molecule has 57 heavy (non-hydrogen) atoms. The minimum absolute atomic E-state index is 0.0283. The first-order valence-electron chi connectivity index (χ1n) is 19.7. The summed E-state index contributed by atoms with van der Waals surface area (Å²) in [5, 5.41) is 0. The number of ether oxygens (including phenoxy) is 4. The Kier molecular flexibility index (Phi) is 15.5. The first kappa shape index (κ1) is 43.6. The fourth-order valence-electron chi connectivity index (χ4n) is 7.90. The van der Waals surface area contributed by atoms with Crippen LogP contribution in [0.2, 0.25) is 0 Å². The van der Waals surface area contributed by atoms with Crippen molar-refractivity contribution in [2.45, 2.75) is 122 Å². The van der Waals surface area contributed by atoms with Gasteiger partial charge in [0.25, 0.3) is 0 Å². The van der Waals surface area contributed by atoms with Crippen LogP contribution in [0.25, 0.3) is 0 Å². The molecule has 0 atom stereocenters. The predicted molar refractivity (Wildman–Crippen MR) is 202 cm³/mol. The van der Waals surface area contributed by atoms with E-state index < -0.39 is 12.7 Å². The van der Waals surface area contributed by atoms with Crippen LogP contribution in [0.1, 0.15) is 119 Å². The van der Waals surface area contributed by atoms with Gasteiger partial charge in [-0.15, -0.1) is 26.3 Å². The van der Waals surface area contributed by atoms with Crippen LogP contribution in [0.4, 0.5) is 35.1 Å². The number of rotatable bonds is 13. The Labute approximate surface area is 329 Å². The molecule has 2 fully saturated rings. The third-order valence-corrected chi connectivity index (χ3v) is 10.8. The van der Waals surface area contributed by atoms with Gasteiger partial charge in [0.15, 0.2) is 0 Å². The number of hydrogen-bond donors (Lipinski definition) is 0. The van der Waals surface area contributed by atoms with Gasteiger partial charge < -0.3 is 18.9 Å². The molecular weight excluding hydrogens is 756 g/mol. The first-order chi connectivity index (χ1) is 27.1. The molecule has 4 nitrogen and oxygen atoms in total. The molecule has 2 aliphatic carbocycles. The molecular formula is C45H50F8O4. The van der Waals surface area contributed by atoms with Crippen LogP contribution in [0.3, 0.4) is 0 Å². The average Bonchev–Trinajstić information content (AvgIpc) is 3.16. The lowest BCUT2D eigenvalue weighted by atomic mass is 9.77. The fraction of sp³-hybridized carbons (Fsp3) is 0.467. The van der Waals surface area contributed by atoms with Crippen LogP contribution >= 0.6 is 0 Å². The van der Waals surface area contributed by atoms with Crippen LogP contribution < -0.4 is 18.9 Å². The first-order valence-corrected chi connectivity index (χ1v) is 19.7. The van der Waals surface area contributed by atoms with Crippen molar-refractivity contribution >= 4 is 0 Å². The second-order valence-electron chi connectivity index (χ2n) is 15.0. The van der Waals surface area contributed by atoms with E-state index >= 15 is 0 Å². The van der Waals surface area contributed by atoms with Crippen molar-refractivity contribution in [3.63, 3.8) is 0 Å². The highest BCUT2D eigenvalue weighted by Gasteiger charge is 2.32. The summed E-state index contributed by atoms with van der Waals surface area (Å²) >= 11 is 0. The molecule has 12 heteroatoms. The molecule has 0 spiro atoms. The third-order valence-electron chi connectivity index (χ3n) is 10.8. The summed E-state index contributed by atoms with van der Waals surface area (Å²) in [5.74, 6) is 1.62. The molecule has 0 unspecified atom stereocenters. The largest absolute Gasteiger partial charge is 0.573 e. The Morgan fingerprint density at radius 1 is 0.509 bits per heavy atom. The normalized spacial score (nSPS) is 19.9. The Hall–Kier alpha value is -4.48. The van der Waals surface area contributed by atoms with Crippen molar-refractivity contribution in [3.05, 3.63) is 119 Å². The predicted octanol–water partition coefficient (Wildman–Crippen LogP) is 14.4. The lowest BCUT2D eigenvalue weighted by molar-refractivity contribution is -0.275. The standard InChI is InChI=1S/C23H26F4O2.C22H24F4O2/c1-2-4-16-7-9-18(10-8-16)19-12-20(24)14-22(13-19)28-15-17-5-3-6-21(11-17)29-23(25,26)27;1-2-15-6-8-17(9-7-15)18-11-19(23)13-21(12-18)27-14-16-4-3-5-20(10-16)28-22(24,25)26/h3,5-6,11-14,16,18H,2,4,7-10,15H2,1H3;3-5,10-13,15,17H,2,6-9,14H2,1H3. The Bertz CT molecular complexity index is 1840. The van der Waals surface area contributed by atoms with Gasteiger partial charge in [-0.25, -0.2) is 8.78 Å². The van der Waals surface area contributed by atoms with Crippen molar-refractivity contribution in [1.29, 1.82) is 0 Å². The molecule has 0 amide bonds. The Balaban J connectivity index is 0.000000218. The molecule has 0 saturated heterocycles. The summed E-state index contributed by atoms with van der Waals surface area (Å²) < 4.78 is 121. The lowest BCUT2D eigenvalue weighted by Gasteiger charge is -2.28. The summed E-state index contributed by atoms with van der Waals surface area (Å²) in [4.78, 5) is 0. The van der Waals surface area contributed by atoms with Gasteiger partial charge in [0.2, 0.25) is 0 Å². The highest BCUT2D eigenvalue weighted by Crippen LogP contribution is 2.40. The highest BCUT2D eigenvalue weighted by molar-refractivity contribution is 5.35. The minimum atomic E-state index is -4.74. The Morgan fingerprint density at radius 3 is 1.32 bits per heavy atom. The second kappa shape index (κ2) is 20.3. The molecule has 6 rings (SSSR count). The number of hydrogen-bond acceptors (Lipinski definition) is 4. The van der Waals surface area contributed by atoms with Crippen LogP contribution in [0.5, 0.6) is 23.0 Å². The number of alkyl halides is 6. The van der Waals surface area contributed by atoms with Gasteiger partial charge in [0.05, 0.1) is 0 Å². The molecule has 0 aliphatic heterocycles. The zero-order valence-corrected chi connectivity index (χ0v) is 32.2. The van der Waals surface area contributed by atoms with E-state index in [1.165, 1.54) is 67.8 Å². The molecule has 4 aromatic rings. The lowest BCUT2D eigenvalue weighted by Crippen LogP contribution is -2.17. The monoisotopic (exact) mass is 806 g/mol. The van der Waals surface area contributed by atoms with Crippen molar-refractivity contribution in [3.8, 4) is 23.0 Å². The van der Waals surface area contributed by atoms with E-state index in [4.69, 9.17) is 9.47 Å². The van der Waals surface area contributed by atoms with E-state index in [2.05, 4.69) is 23.3 Å². The molecule has 4 aromatic carbocycles. The van der Waals surface area contributed by atoms with Crippen LogP contribution in [0, 0.1) is 23.5 Å². The molecule has 2 aliphatic rings. The summed E-state index contributed by atoms with van der Waals surface area (Å²) in [6, 6.07) is 20.6. The summed E-state index contributed by atoms with van der Waals surface area (Å²) in [6.07, 6.45) is 2.95. The van der Waals surface area contributed by atoms with Gasteiger partial charge in [-0.05, 0) is 146 Å². The van der Waals surface area contributed by atoms with E-state index in [-0.39, 0.29) is 36.3 Å². The SMILES string of the molecule is CCC1CCC(c2cc(F)cc(OCc3cccc(OC(F)(F)F)c3)c2)CC1.CCCC1CCC(c2cc(F)cc(OCc3cccc(OC(F)(F)F)c3)c2)CC1. The van der Waals surface area contributed by atoms with Gasteiger partial charge in [0, 0.05) is 12.1 Å². The molecule has 2 saturated carbocycles. The Morgan fingerprint density at radius 2 is 0.930 bits per heavy atom. The molecule has 310 valence electrons. The van der Waals surface area contributed by atoms with E-state index in [1.807, 2.05) is 12.1 Å². The van der Waals surface area contributed by atoms with E-state index in [1.54, 1.807) is 24.3 Å². The zero-order valence-electron chi connectivity index (χ0n) is 32.2. The quantitative estimate of drug-likeness (QED) is 0.126. The van der Waals surface area contributed by atoms with Gasteiger partial charge in [-0.1, -0.05) is 57.4 Å². The third kappa shape index (κ3) is 14.8. The minimum Gasteiger partial charge on any atom is -0.489 e. The van der Waals surface area contributed by atoms with Gasteiger partial charge in [0.1, 0.15) is 47.8 Å². The average molecular weight is 807 g/mol. The topological polar surface area (TPSA) is 36.9 Å². The van der Waals surface area contributed by atoms with Crippen LogP contribution in [-0.4, -0.2) is 12.7 Å². The van der Waals surface area contributed by atoms with Gasteiger partial charge >= 0.3 is 12.7 Å². The molecule has 0 bridgehead atoms. The van der Waals surface area contributed by atoms with Crippen molar-refractivity contribution < 1.29 is 54.1 Å². The van der Waals surface area contributed by atoms with E-state index in [9.17, 15) is 35.1 Å². The van der Waals surface area contributed by atoms with E-state index in [0.717, 1.165) is 74.3 Å². The molecule has 0 aromatic heterocycles. The molecule has 0 heterocycles. The summed E-state index contributed by atoms with van der Waals surface area (Å²) in [6.45, 7) is 4.46. The summed E-state index contributed by atoms with van der Waals surface area (Å²) in [5.41, 5.74) is 2.89. The van der Waals surface area contributed by atoms with E-state index in [0.29, 0.717) is 34.5 Å². The number of benzene rings is 4. The maximum absolute atomic E-state index is 14.1. The highest BCUT2D eigenvalue weighted by atomic mass is 19.4. The summed E-state index contributed by atoms with van der Waals surface area (Å²) in [7, 11) is 0. The molecule has 0 N–H and O–H groups in total. The zero-order chi connectivity index (χ0) is 41.0. The number of halogens is 8. The molecule has 0 radical (unpaired) electrons. The van der Waals surface area contributed by atoms with Crippen molar-refractivity contribution in [2.24, 2.45) is 11.8 Å². The van der Waals surface area contributed by atoms with Crippen LogP contribution in [-0.2, 0) is 13.2 Å². The van der Waals surface area contributed by atoms with Crippen LogP contribution in [0.15, 0.2) is 84.9 Å². The second-order valence-corrected chi connectivity index (χ2v) is 15.0. The van der Waals surface area contributed by atoms with Gasteiger partial charge in [-0.3, -0.25) is 0 Å². The van der Waals surface area contributed by atoms with Crippen molar-refractivity contribution in [2.75, 3.05) is 0 Å². The van der Waals surface area contributed by atoms with Crippen molar-refractivity contribution in [1.82, 2.24) is 0 Å². The van der Waals surface area contributed by atoms with Gasteiger partial charge in [-0.2, -0.15) is 0 Å². The maximum Gasteiger partial charge on any atom is 0.573 e. The fourth-order valence-corrected chi connectivity index (χ4v) is 7.90.